The van der Waals surface area contributed by atoms with Crippen molar-refractivity contribution < 1.29 is 13.2 Å². The lowest BCUT2D eigenvalue weighted by atomic mass is 10.4. The molecule has 0 unspecified atom stereocenters. The molecule has 0 spiro atoms. The van der Waals surface area contributed by atoms with E-state index in [4.69, 9.17) is 27.9 Å². The number of halogens is 2. The maximum absolute atomic E-state index is 12.4. The Kier molecular flexibility index (Phi) is 4.50. The molecule has 0 atom stereocenters. The molecule has 1 aliphatic heterocycles. The van der Waals surface area contributed by atoms with Gasteiger partial charge < -0.3 is 4.74 Å². The second kappa shape index (κ2) is 5.75. The maximum atomic E-state index is 12.4. The molecule has 4 nitrogen and oxygen atoms in total. The van der Waals surface area contributed by atoms with Gasteiger partial charge in [-0.1, -0.05) is 23.2 Å². The molecule has 0 bridgehead atoms. The lowest BCUT2D eigenvalue weighted by molar-refractivity contribution is 0.148. The zero-order chi connectivity index (χ0) is 13.2. The standard InChI is InChI=1S/C11H13Cl2NO3S/c12-10-3-2-9(8-11(10)13)18(15,16)14-4-1-6-17-7-5-14/h2-3,8H,1,4-7H2. The van der Waals surface area contributed by atoms with E-state index in [1.807, 2.05) is 0 Å². The highest BCUT2D eigenvalue weighted by Gasteiger charge is 2.25. The zero-order valence-electron chi connectivity index (χ0n) is 9.60. The molecule has 1 aliphatic rings. The number of benzene rings is 1. The van der Waals surface area contributed by atoms with Gasteiger partial charge in [0, 0.05) is 19.7 Å². The lowest BCUT2D eigenvalue weighted by Gasteiger charge is -2.19. The van der Waals surface area contributed by atoms with E-state index in [9.17, 15) is 8.42 Å². The van der Waals surface area contributed by atoms with Crippen LogP contribution < -0.4 is 0 Å². The van der Waals surface area contributed by atoms with Crippen LogP contribution >= 0.6 is 23.2 Å². The molecule has 18 heavy (non-hydrogen) atoms. The Morgan fingerprint density at radius 3 is 2.61 bits per heavy atom. The summed E-state index contributed by atoms with van der Waals surface area (Å²) in [5, 5.41) is 0.582. The molecular formula is C11H13Cl2NO3S. The molecule has 1 heterocycles. The van der Waals surface area contributed by atoms with Crippen molar-refractivity contribution in [3.63, 3.8) is 0 Å². The van der Waals surface area contributed by atoms with Gasteiger partial charge in [0.05, 0.1) is 21.5 Å². The average Bonchev–Trinajstić information content (AvgIpc) is 2.61. The highest BCUT2D eigenvalue weighted by Crippen LogP contribution is 2.26. The molecule has 0 amide bonds. The van der Waals surface area contributed by atoms with Crippen molar-refractivity contribution in [3.8, 4) is 0 Å². The zero-order valence-corrected chi connectivity index (χ0v) is 11.9. The topological polar surface area (TPSA) is 46.6 Å². The van der Waals surface area contributed by atoms with Crippen LogP contribution in [0.3, 0.4) is 0 Å². The number of nitrogens with zero attached hydrogens (tertiary/aromatic N) is 1. The Morgan fingerprint density at radius 2 is 1.89 bits per heavy atom. The molecule has 1 saturated heterocycles. The smallest absolute Gasteiger partial charge is 0.243 e. The van der Waals surface area contributed by atoms with Crippen LogP contribution in [-0.4, -0.2) is 39.0 Å². The predicted molar refractivity (Wildman–Crippen MR) is 70.7 cm³/mol. The van der Waals surface area contributed by atoms with Crippen molar-refractivity contribution >= 4 is 33.2 Å². The third-order valence-corrected chi connectivity index (χ3v) is 5.34. The van der Waals surface area contributed by atoms with Crippen LogP contribution in [0.1, 0.15) is 6.42 Å². The monoisotopic (exact) mass is 309 g/mol. The first-order valence-electron chi connectivity index (χ1n) is 5.55. The maximum Gasteiger partial charge on any atom is 0.243 e. The average molecular weight is 310 g/mol. The fourth-order valence-electron chi connectivity index (χ4n) is 1.75. The Hall–Kier alpha value is -0.330. The lowest BCUT2D eigenvalue weighted by Crippen LogP contribution is -2.33. The third-order valence-electron chi connectivity index (χ3n) is 2.71. The van der Waals surface area contributed by atoms with Gasteiger partial charge in [0.25, 0.3) is 0 Å². The summed E-state index contributed by atoms with van der Waals surface area (Å²) >= 11 is 11.6. The second-order valence-electron chi connectivity index (χ2n) is 3.95. The summed E-state index contributed by atoms with van der Waals surface area (Å²) < 4.78 is 31.4. The molecule has 1 fully saturated rings. The fourth-order valence-corrected chi connectivity index (χ4v) is 3.60. The van der Waals surface area contributed by atoms with Crippen LogP contribution in [0.5, 0.6) is 0 Å². The van der Waals surface area contributed by atoms with Crippen molar-refractivity contribution in [2.45, 2.75) is 11.3 Å². The first-order chi connectivity index (χ1) is 8.51. The van der Waals surface area contributed by atoms with Crippen molar-refractivity contribution in [2.24, 2.45) is 0 Å². The van der Waals surface area contributed by atoms with Gasteiger partial charge in [0.15, 0.2) is 0 Å². The Balaban J connectivity index is 2.31. The van der Waals surface area contributed by atoms with Gasteiger partial charge in [-0.05, 0) is 24.6 Å². The van der Waals surface area contributed by atoms with Gasteiger partial charge in [-0.3, -0.25) is 0 Å². The van der Waals surface area contributed by atoms with Crippen LogP contribution in [0.15, 0.2) is 23.1 Å². The summed E-state index contributed by atoms with van der Waals surface area (Å²) in [5.74, 6) is 0. The van der Waals surface area contributed by atoms with Crippen LogP contribution in [0.4, 0.5) is 0 Å². The predicted octanol–water partition coefficient (Wildman–Crippen LogP) is 2.40. The van der Waals surface area contributed by atoms with Crippen LogP contribution in [0, 0.1) is 0 Å². The number of rotatable bonds is 2. The second-order valence-corrected chi connectivity index (χ2v) is 6.70. The van der Waals surface area contributed by atoms with Gasteiger partial charge in [-0.15, -0.1) is 0 Å². The van der Waals surface area contributed by atoms with E-state index >= 15 is 0 Å². The molecule has 0 N–H and O–H groups in total. The summed E-state index contributed by atoms with van der Waals surface area (Å²) in [6.07, 6.45) is 0.695. The highest BCUT2D eigenvalue weighted by molar-refractivity contribution is 7.89. The van der Waals surface area contributed by atoms with Crippen molar-refractivity contribution in [1.29, 1.82) is 0 Å². The van der Waals surface area contributed by atoms with E-state index < -0.39 is 10.0 Å². The van der Waals surface area contributed by atoms with Crippen LogP contribution in [-0.2, 0) is 14.8 Å². The summed E-state index contributed by atoms with van der Waals surface area (Å²) in [6, 6.07) is 4.34. The fraction of sp³-hybridized carbons (Fsp3) is 0.455. The largest absolute Gasteiger partial charge is 0.380 e. The van der Waals surface area contributed by atoms with E-state index in [0.29, 0.717) is 37.7 Å². The van der Waals surface area contributed by atoms with Gasteiger partial charge in [-0.25, -0.2) is 8.42 Å². The quantitative estimate of drug-likeness (QED) is 0.843. The summed E-state index contributed by atoms with van der Waals surface area (Å²) in [4.78, 5) is 0.166. The Labute approximate surface area is 116 Å². The van der Waals surface area contributed by atoms with Gasteiger partial charge in [-0.2, -0.15) is 4.31 Å². The molecule has 2 rings (SSSR count). The minimum atomic E-state index is -3.51. The molecule has 0 saturated carbocycles. The first-order valence-corrected chi connectivity index (χ1v) is 7.74. The molecule has 1 aromatic rings. The van der Waals surface area contributed by atoms with Crippen LogP contribution in [0.25, 0.3) is 0 Å². The van der Waals surface area contributed by atoms with E-state index in [1.54, 1.807) is 0 Å². The van der Waals surface area contributed by atoms with Gasteiger partial charge in [0.1, 0.15) is 0 Å². The molecule has 1 aromatic carbocycles. The minimum absolute atomic E-state index is 0.166. The van der Waals surface area contributed by atoms with Crippen molar-refractivity contribution in [1.82, 2.24) is 4.31 Å². The Bertz CT molecular complexity index is 525. The summed E-state index contributed by atoms with van der Waals surface area (Å²) in [5.41, 5.74) is 0. The highest BCUT2D eigenvalue weighted by atomic mass is 35.5. The molecule has 0 aliphatic carbocycles. The van der Waals surface area contributed by atoms with E-state index in [2.05, 4.69) is 0 Å². The molecule has 7 heteroatoms. The summed E-state index contributed by atoms with van der Waals surface area (Å²) in [6.45, 7) is 1.83. The number of ether oxygens (including phenoxy) is 1. The number of sulfonamides is 1. The number of hydrogen-bond acceptors (Lipinski definition) is 3. The molecule has 100 valence electrons. The van der Waals surface area contributed by atoms with Crippen molar-refractivity contribution in [2.75, 3.05) is 26.3 Å². The van der Waals surface area contributed by atoms with E-state index in [1.165, 1.54) is 22.5 Å². The van der Waals surface area contributed by atoms with Gasteiger partial charge >= 0.3 is 0 Å². The van der Waals surface area contributed by atoms with Gasteiger partial charge in [0.2, 0.25) is 10.0 Å². The minimum Gasteiger partial charge on any atom is -0.380 e. The third kappa shape index (κ3) is 2.97. The number of hydrogen-bond donors (Lipinski definition) is 0. The molecular weight excluding hydrogens is 297 g/mol. The van der Waals surface area contributed by atoms with E-state index in [0.717, 1.165) is 0 Å². The normalized spacial score (nSPS) is 18.6. The van der Waals surface area contributed by atoms with Crippen molar-refractivity contribution in [3.05, 3.63) is 28.2 Å². The van der Waals surface area contributed by atoms with Crippen LogP contribution in [0.2, 0.25) is 10.0 Å². The first kappa shape index (κ1) is 14.1. The molecule has 0 aromatic heterocycles. The Morgan fingerprint density at radius 1 is 1.11 bits per heavy atom. The summed E-state index contributed by atoms with van der Waals surface area (Å²) in [7, 11) is -3.51. The SMILES string of the molecule is O=S(=O)(c1ccc(Cl)c(Cl)c1)N1CCCOCC1. The molecule has 0 radical (unpaired) electrons. The van der Waals surface area contributed by atoms with E-state index in [-0.39, 0.29) is 9.92 Å².